The number of carbonyl (C=O) groups is 1. The zero-order chi connectivity index (χ0) is 14.7. The van der Waals surface area contributed by atoms with Crippen molar-refractivity contribution in [3.8, 4) is 11.5 Å². The fraction of sp³-hybridized carbons (Fsp3) is 0.235. The minimum Gasteiger partial charge on any atom is -0.453 e. The standard InChI is InChI=1S/C17H17FO2/c1-11(2)13-8-7-12(3)16(9-13)20-17-14(10-19)5-4-6-15(17)18/h4-11H,1-3H3. The molecule has 20 heavy (non-hydrogen) atoms. The van der Waals surface area contributed by atoms with Crippen LogP contribution in [0.3, 0.4) is 0 Å². The molecule has 0 saturated carbocycles. The zero-order valence-corrected chi connectivity index (χ0v) is 11.8. The summed E-state index contributed by atoms with van der Waals surface area (Å²) < 4.78 is 19.5. The number of benzene rings is 2. The third-order valence-corrected chi connectivity index (χ3v) is 3.22. The highest BCUT2D eigenvalue weighted by Gasteiger charge is 2.12. The Hall–Kier alpha value is -2.16. The number of aryl methyl sites for hydroxylation is 1. The van der Waals surface area contributed by atoms with E-state index in [1.54, 1.807) is 0 Å². The monoisotopic (exact) mass is 272 g/mol. The number of ether oxygens (including phenoxy) is 1. The molecular weight excluding hydrogens is 255 g/mol. The second-order valence-corrected chi connectivity index (χ2v) is 5.06. The maximum Gasteiger partial charge on any atom is 0.173 e. The molecule has 0 aliphatic rings. The number of aldehydes is 1. The fourth-order valence-electron chi connectivity index (χ4n) is 1.92. The van der Waals surface area contributed by atoms with Crippen molar-refractivity contribution in [2.75, 3.05) is 0 Å². The van der Waals surface area contributed by atoms with Gasteiger partial charge in [-0.25, -0.2) is 4.39 Å². The molecule has 3 heteroatoms. The molecule has 0 unspecified atom stereocenters. The van der Waals surface area contributed by atoms with Crippen LogP contribution < -0.4 is 4.74 Å². The molecule has 0 atom stereocenters. The summed E-state index contributed by atoms with van der Waals surface area (Å²) in [5, 5.41) is 0. The normalized spacial score (nSPS) is 10.7. The number of hydrogen-bond acceptors (Lipinski definition) is 2. The van der Waals surface area contributed by atoms with Crippen LogP contribution in [0.5, 0.6) is 11.5 Å². The highest BCUT2D eigenvalue weighted by molar-refractivity contribution is 5.79. The van der Waals surface area contributed by atoms with Gasteiger partial charge in [-0.1, -0.05) is 32.0 Å². The number of para-hydroxylation sites is 1. The van der Waals surface area contributed by atoms with Gasteiger partial charge >= 0.3 is 0 Å². The summed E-state index contributed by atoms with van der Waals surface area (Å²) >= 11 is 0. The first kappa shape index (κ1) is 14.3. The van der Waals surface area contributed by atoms with Crippen LogP contribution in [0.2, 0.25) is 0 Å². The number of halogens is 1. The minimum atomic E-state index is -0.538. The van der Waals surface area contributed by atoms with E-state index in [9.17, 15) is 9.18 Å². The average Bonchev–Trinajstić information content (AvgIpc) is 2.42. The van der Waals surface area contributed by atoms with Crippen molar-refractivity contribution in [3.05, 3.63) is 58.9 Å². The summed E-state index contributed by atoms with van der Waals surface area (Å²) in [6.45, 7) is 6.05. The molecule has 2 aromatic carbocycles. The topological polar surface area (TPSA) is 26.3 Å². The van der Waals surface area contributed by atoms with Crippen molar-refractivity contribution in [1.29, 1.82) is 0 Å². The average molecular weight is 272 g/mol. The highest BCUT2D eigenvalue weighted by Crippen LogP contribution is 2.31. The smallest absolute Gasteiger partial charge is 0.173 e. The van der Waals surface area contributed by atoms with Gasteiger partial charge in [0.1, 0.15) is 5.75 Å². The minimum absolute atomic E-state index is 0.0218. The molecule has 0 aliphatic carbocycles. The third-order valence-electron chi connectivity index (χ3n) is 3.22. The van der Waals surface area contributed by atoms with Crippen molar-refractivity contribution < 1.29 is 13.9 Å². The Kier molecular flexibility index (Phi) is 4.18. The maximum atomic E-state index is 13.8. The van der Waals surface area contributed by atoms with E-state index in [2.05, 4.69) is 13.8 Å². The van der Waals surface area contributed by atoms with Gasteiger partial charge in [0.25, 0.3) is 0 Å². The summed E-state index contributed by atoms with van der Waals surface area (Å²) in [7, 11) is 0. The van der Waals surface area contributed by atoms with E-state index >= 15 is 0 Å². The molecular formula is C17H17FO2. The lowest BCUT2D eigenvalue weighted by Crippen LogP contribution is -1.97. The van der Waals surface area contributed by atoms with Gasteiger partial charge < -0.3 is 4.74 Å². The molecule has 0 radical (unpaired) electrons. The summed E-state index contributed by atoms with van der Waals surface area (Å²) in [5.41, 5.74) is 2.21. The lowest BCUT2D eigenvalue weighted by molar-refractivity contribution is 0.112. The van der Waals surface area contributed by atoms with Crippen LogP contribution in [0.4, 0.5) is 4.39 Å². The second-order valence-electron chi connectivity index (χ2n) is 5.06. The highest BCUT2D eigenvalue weighted by atomic mass is 19.1. The molecule has 0 aromatic heterocycles. The molecule has 2 rings (SSSR count). The number of hydrogen-bond donors (Lipinski definition) is 0. The Bertz CT molecular complexity index is 633. The molecule has 0 fully saturated rings. The maximum absolute atomic E-state index is 13.8. The summed E-state index contributed by atoms with van der Waals surface area (Å²) in [6.07, 6.45) is 0.597. The van der Waals surface area contributed by atoms with Crippen LogP contribution in [0.25, 0.3) is 0 Å². The molecule has 0 amide bonds. The first-order valence-corrected chi connectivity index (χ1v) is 6.55. The van der Waals surface area contributed by atoms with E-state index < -0.39 is 5.82 Å². The zero-order valence-electron chi connectivity index (χ0n) is 11.8. The van der Waals surface area contributed by atoms with Crippen molar-refractivity contribution in [1.82, 2.24) is 0 Å². The predicted octanol–water partition coefficient (Wildman–Crippen LogP) is 4.86. The quantitative estimate of drug-likeness (QED) is 0.743. The van der Waals surface area contributed by atoms with Gasteiger partial charge in [-0.3, -0.25) is 4.79 Å². The van der Waals surface area contributed by atoms with Crippen LogP contribution in [0.1, 0.15) is 41.3 Å². The van der Waals surface area contributed by atoms with Gasteiger partial charge in [0.05, 0.1) is 5.56 Å². The Morgan fingerprint density at radius 2 is 1.95 bits per heavy atom. The van der Waals surface area contributed by atoms with Crippen LogP contribution in [-0.4, -0.2) is 6.29 Å². The van der Waals surface area contributed by atoms with Gasteiger partial charge in [0.15, 0.2) is 17.9 Å². The summed E-state index contributed by atoms with van der Waals surface area (Å²) in [5.74, 6) is 0.365. The van der Waals surface area contributed by atoms with Crippen molar-refractivity contribution in [3.63, 3.8) is 0 Å². The Balaban J connectivity index is 2.44. The van der Waals surface area contributed by atoms with Crippen LogP contribution in [-0.2, 0) is 0 Å². The second kappa shape index (κ2) is 5.87. The van der Waals surface area contributed by atoms with E-state index in [0.29, 0.717) is 18.0 Å². The molecule has 2 nitrogen and oxygen atoms in total. The van der Waals surface area contributed by atoms with Crippen molar-refractivity contribution in [2.45, 2.75) is 26.7 Å². The van der Waals surface area contributed by atoms with E-state index in [0.717, 1.165) is 11.1 Å². The van der Waals surface area contributed by atoms with E-state index in [4.69, 9.17) is 4.74 Å². The molecule has 0 heterocycles. The Morgan fingerprint density at radius 1 is 1.20 bits per heavy atom. The molecule has 0 spiro atoms. The predicted molar refractivity (Wildman–Crippen MR) is 77.1 cm³/mol. The SMILES string of the molecule is Cc1ccc(C(C)C)cc1Oc1c(F)cccc1C=O. The van der Waals surface area contributed by atoms with E-state index in [1.807, 2.05) is 25.1 Å². The lowest BCUT2D eigenvalue weighted by atomic mass is 10.0. The molecule has 104 valence electrons. The van der Waals surface area contributed by atoms with Crippen LogP contribution in [0.15, 0.2) is 36.4 Å². The van der Waals surface area contributed by atoms with Gasteiger partial charge in [0.2, 0.25) is 0 Å². The third kappa shape index (κ3) is 2.87. The molecule has 0 saturated heterocycles. The van der Waals surface area contributed by atoms with Gasteiger partial charge in [-0.05, 0) is 42.2 Å². The molecule has 2 aromatic rings. The molecule has 0 N–H and O–H groups in total. The summed E-state index contributed by atoms with van der Waals surface area (Å²) in [4.78, 5) is 11.0. The first-order valence-electron chi connectivity index (χ1n) is 6.55. The number of rotatable bonds is 4. The summed E-state index contributed by atoms with van der Waals surface area (Å²) in [6, 6.07) is 10.2. The fourth-order valence-corrected chi connectivity index (χ4v) is 1.92. The largest absolute Gasteiger partial charge is 0.453 e. The Morgan fingerprint density at radius 3 is 2.60 bits per heavy atom. The van der Waals surface area contributed by atoms with E-state index in [1.165, 1.54) is 18.2 Å². The van der Waals surface area contributed by atoms with Crippen LogP contribution in [0, 0.1) is 12.7 Å². The lowest BCUT2D eigenvalue weighted by Gasteiger charge is -2.14. The van der Waals surface area contributed by atoms with Gasteiger partial charge in [0, 0.05) is 0 Å². The van der Waals surface area contributed by atoms with Gasteiger partial charge in [-0.2, -0.15) is 0 Å². The van der Waals surface area contributed by atoms with Gasteiger partial charge in [-0.15, -0.1) is 0 Å². The number of carbonyl (C=O) groups excluding carboxylic acids is 1. The van der Waals surface area contributed by atoms with Crippen molar-refractivity contribution in [2.24, 2.45) is 0 Å². The molecule has 0 aliphatic heterocycles. The first-order chi connectivity index (χ1) is 9.52. The van der Waals surface area contributed by atoms with Crippen molar-refractivity contribution >= 4 is 6.29 Å². The van der Waals surface area contributed by atoms with Crippen LogP contribution >= 0.6 is 0 Å². The molecule has 0 bridgehead atoms. The van der Waals surface area contributed by atoms with E-state index in [-0.39, 0.29) is 11.3 Å². The Labute approximate surface area is 118 Å².